The molecule has 3 rings (SSSR count). The third kappa shape index (κ3) is 6.92. The van der Waals surface area contributed by atoms with E-state index in [1.165, 1.54) is 46.7 Å². The summed E-state index contributed by atoms with van der Waals surface area (Å²) in [6.45, 7) is 6.24. The first kappa shape index (κ1) is 31.3. The fraction of sp³-hybridized carbons (Fsp3) is 0.478. The molecule has 0 spiro atoms. The molecular weight excluding hydrogens is 589 g/mol. The second-order valence-corrected chi connectivity index (χ2v) is 17.0. The molecule has 0 saturated carbocycles. The van der Waals surface area contributed by atoms with Crippen LogP contribution in [0.4, 0.5) is 11.4 Å². The van der Waals surface area contributed by atoms with E-state index in [1.54, 1.807) is 13.8 Å². The van der Waals surface area contributed by atoms with Crippen molar-refractivity contribution in [3.8, 4) is 0 Å². The molecule has 12 nitrogen and oxygen atoms in total. The first-order chi connectivity index (χ1) is 17.8. The molecule has 1 fully saturated rings. The van der Waals surface area contributed by atoms with E-state index in [9.17, 15) is 33.7 Å². The van der Waals surface area contributed by atoms with Crippen LogP contribution in [0.2, 0.25) is 0 Å². The Kier molecular flexibility index (Phi) is 8.80. The van der Waals surface area contributed by atoms with Crippen molar-refractivity contribution in [1.82, 2.24) is 8.61 Å². The van der Waals surface area contributed by atoms with Crippen molar-refractivity contribution >= 4 is 51.5 Å². The molecule has 1 heterocycles. The molecule has 218 valence electrons. The molecule has 39 heavy (non-hydrogen) atoms. The molecule has 0 aliphatic carbocycles. The van der Waals surface area contributed by atoms with Gasteiger partial charge in [-0.25, -0.2) is 33.7 Å². The van der Waals surface area contributed by atoms with Crippen LogP contribution in [0.1, 0.15) is 28.7 Å². The molecule has 0 radical (unpaired) electrons. The van der Waals surface area contributed by atoms with Crippen LogP contribution in [-0.2, 0) is 40.1 Å². The Morgan fingerprint density at radius 2 is 0.897 bits per heavy atom. The number of sulfonamides is 4. The molecule has 0 bridgehead atoms. The Balaban J connectivity index is 1.93. The second-order valence-electron chi connectivity index (χ2n) is 9.67. The van der Waals surface area contributed by atoms with E-state index in [0.717, 1.165) is 12.5 Å². The molecule has 0 amide bonds. The van der Waals surface area contributed by atoms with Crippen LogP contribution in [0.5, 0.6) is 0 Å². The summed E-state index contributed by atoms with van der Waals surface area (Å²) >= 11 is 0. The van der Waals surface area contributed by atoms with E-state index >= 15 is 0 Å². The smallest absolute Gasteiger partial charge is 0.243 e. The van der Waals surface area contributed by atoms with E-state index in [-0.39, 0.29) is 64.9 Å². The summed E-state index contributed by atoms with van der Waals surface area (Å²) in [7, 11) is -15.5. The molecule has 1 aliphatic heterocycles. The minimum atomic E-state index is -4.08. The van der Waals surface area contributed by atoms with Gasteiger partial charge in [0.2, 0.25) is 40.1 Å². The highest BCUT2D eigenvalue weighted by Gasteiger charge is 2.34. The highest BCUT2D eigenvalue weighted by molar-refractivity contribution is 7.92. The zero-order valence-corrected chi connectivity index (χ0v) is 25.9. The molecule has 0 aromatic heterocycles. The molecule has 2 N–H and O–H groups in total. The van der Waals surface area contributed by atoms with Crippen LogP contribution in [0.3, 0.4) is 0 Å². The lowest BCUT2D eigenvalue weighted by Crippen LogP contribution is -2.37. The zero-order valence-electron chi connectivity index (χ0n) is 22.6. The summed E-state index contributed by atoms with van der Waals surface area (Å²) in [6, 6.07) is 5.87. The third-order valence-electron chi connectivity index (χ3n) is 6.47. The molecular formula is C23H34N4O8S4. The van der Waals surface area contributed by atoms with E-state index in [0.29, 0.717) is 11.1 Å². The number of hydrogen-bond donors (Lipinski definition) is 2. The summed E-state index contributed by atoms with van der Waals surface area (Å²) in [5.74, 6) is 0. The van der Waals surface area contributed by atoms with Crippen LogP contribution in [0.25, 0.3) is 0 Å². The average molecular weight is 623 g/mol. The number of anilines is 2. The lowest BCUT2D eigenvalue weighted by molar-refractivity contribution is 0.404. The average Bonchev–Trinajstić information content (AvgIpc) is 3.05. The first-order valence-corrected chi connectivity index (χ1v) is 18.6. The molecule has 1 saturated heterocycles. The molecule has 16 heteroatoms. The normalized spacial score (nSPS) is 16.6. The van der Waals surface area contributed by atoms with E-state index in [1.807, 2.05) is 0 Å². The highest BCUT2D eigenvalue weighted by atomic mass is 32.2. The summed E-state index contributed by atoms with van der Waals surface area (Å²) < 4.78 is 109. The Labute approximate surface area is 231 Å². The van der Waals surface area contributed by atoms with Crippen LogP contribution in [0.15, 0.2) is 34.1 Å². The summed E-state index contributed by atoms with van der Waals surface area (Å²) in [5, 5.41) is 0. The Bertz CT molecular complexity index is 1590. The fourth-order valence-corrected chi connectivity index (χ4v) is 9.30. The van der Waals surface area contributed by atoms with Crippen LogP contribution >= 0.6 is 0 Å². The molecule has 0 unspecified atom stereocenters. The van der Waals surface area contributed by atoms with Crippen LogP contribution in [0, 0.1) is 27.7 Å². The largest absolute Gasteiger partial charge is 0.283 e. The summed E-state index contributed by atoms with van der Waals surface area (Å²) in [4.78, 5) is -0.136. The van der Waals surface area contributed by atoms with E-state index in [2.05, 4.69) is 9.44 Å². The van der Waals surface area contributed by atoms with E-state index < -0.39 is 40.1 Å². The summed E-state index contributed by atoms with van der Waals surface area (Å²) in [6.07, 6.45) is 2.18. The van der Waals surface area contributed by atoms with Gasteiger partial charge in [-0.3, -0.25) is 9.44 Å². The maximum Gasteiger partial charge on any atom is 0.243 e. The molecule has 1 aliphatic rings. The fourth-order valence-electron chi connectivity index (χ4n) is 4.53. The monoisotopic (exact) mass is 622 g/mol. The van der Waals surface area contributed by atoms with Crippen LogP contribution in [-0.4, -0.2) is 81.0 Å². The quantitative estimate of drug-likeness (QED) is 0.449. The minimum Gasteiger partial charge on any atom is -0.283 e. The van der Waals surface area contributed by atoms with E-state index in [4.69, 9.17) is 0 Å². The van der Waals surface area contributed by atoms with Gasteiger partial charge in [0.25, 0.3) is 0 Å². The minimum absolute atomic E-state index is 0.0598. The predicted octanol–water partition coefficient (Wildman–Crippen LogP) is 1.75. The van der Waals surface area contributed by atoms with Crippen molar-refractivity contribution in [2.45, 2.75) is 43.9 Å². The molecule has 2 aromatic rings. The van der Waals surface area contributed by atoms with Gasteiger partial charge in [0.05, 0.1) is 33.7 Å². The highest BCUT2D eigenvalue weighted by Crippen LogP contribution is 2.32. The number of benzene rings is 2. The number of nitrogens with one attached hydrogen (secondary N) is 2. The van der Waals surface area contributed by atoms with Crippen molar-refractivity contribution in [1.29, 1.82) is 0 Å². The number of aryl methyl sites for hydroxylation is 2. The van der Waals surface area contributed by atoms with Crippen molar-refractivity contribution in [3.05, 3.63) is 46.5 Å². The number of nitrogens with zero attached hydrogens (tertiary/aromatic N) is 2. The maximum absolute atomic E-state index is 13.6. The van der Waals surface area contributed by atoms with Crippen molar-refractivity contribution < 1.29 is 33.7 Å². The van der Waals surface area contributed by atoms with Gasteiger partial charge in [0.15, 0.2) is 0 Å². The zero-order chi connectivity index (χ0) is 29.6. The van der Waals surface area contributed by atoms with Gasteiger partial charge in [-0.05, 0) is 68.5 Å². The van der Waals surface area contributed by atoms with Crippen molar-refractivity contribution in [2.75, 3.05) is 48.1 Å². The van der Waals surface area contributed by atoms with Gasteiger partial charge >= 0.3 is 0 Å². The van der Waals surface area contributed by atoms with Gasteiger partial charge in [0.1, 0.15) is 0 Å². The molecule has 0 atom stereocenters. The Morgan fingerprint density at radius 3 is 1.21 bits per heavy atom. The van der Waals surface area contributed by atoms with Gasteiger partial charge in [-0.15, -0.1) is 0 Å². The number of rotatable bonds is 8. The van der Waals surface area contributed by atoms with Crippen molar-refractivity contribution in [3.63, 3.8) is 0 Å². The predicted molar refractivity (Wildman–Crippen MR) is 151 cm³/mol. The molecule has 2 aromatic carbocycles. The lowest BCUT2D eigenvalue weighted by atomic mass is 10.1. The van der Waals surface area contributed by atoms with Gasteiger partial charge < -0.3 is 0 Å². The lowest BCUT2D eigenvalue weighted by Gasteiger charge is -2.24. The first-order valence-electron chi connectivity index (χ1n) is 11.9. The van der Waals surface area contributed by atoms with Crippen molar-refractivity contribution in [2.24, 2.45) is 0 Å². The standard InChI is InChI=1S/C23H34N4O8S4/c1-16-8-10-20(18(3)22(16)24-36(5,28)29)38(32,33)26-12-7-13-27(15-14-26)39(34,35)21-11-9-17(2)23(19(21)4)25-37(6,30)31/h8-11,24-25H,7,12-15H2,1-6H3. The van der Waals surface area contributed by atoms with Gasteiger partial charge in [-0.1, -0.05) is 12.1 Å². The Hall–Kier alpha value is -2.24. The Morgan fingerprint density at radius 1 is 0.564 bits per heavy atom. The van der Waals surface area contributed by atoms with Crippen LogP contribution < -0.4 is 9.44 Å². The SMILES string of the molecule is Cc1ccc(S(=O)(=O)N2CCCN(S(=O)(=O)c3ccc(C)c(NS(C)(=O)=O)c3C)CC2)c(C)c1NS(C)(=O)=O. The van der Waals surface area contributed by atoms with Gasteiger partial charge in [-0.2, -0.15) is 8.61 Å². The topological polar surface area (TPSA) is 167 Å². The maximum atomic E-state index is 13.6. The number of hydrogen-bond acceptors (Lipinski definition) is 8. The second kappa shape index (κ2) is 11.0. The van der Waals surface area contributed by atoms with Gasteiger partial charge in [0, 0.05) is 26.2 Å². The summed E-state index contributed by atoms with van der Waals surface area (Å²) in [5.41, 5.74) is 1.98. The third-order valence-corrected chi connectivity index (χ3v) is 11.7.